The molecule has 1 fully saturated rings. The second-order valence-corrected chi connectivity index (χ2v) is 8.80. The van der Waals surface area contributed by atoms with Crippen LogP contribution in [0, 0.1) is 10.1 Å². The van der Waals surface area contributed by atoms with E-state index in [9.17, 15) is 14.9 Å². The Kier molecular flexibility index (Phi) is 5.80. The van der Waals surface area contributed by atoms with Crippen molar-refractivity contribution in [2.24, 2.45) is 0 Å². The van der Waals surface area contributed by atoms with Crippen LogP contribution >= 0.6 is 11.3 Å². The molecule has 0 spiro atoms. The lowest BCUT2D eigenvalue weighted by atomic mass is 10.1. The number of fused-ring (bicyclic) bond motifs is 1. The number of nitrogens with zero attached hydrogens (tertiary/aromatic N) is 6. The number of ether oxygens (including phenoxy) is 1. The van der Waals surface area contributed by atoms with Crippen LogP contribution in [-0.4, -0.2) is 50.8 Å². The molecule has 1 saturated heterocycles. The third-order valence-corrected chi connectivity index (χ3v) is 6.67. The standard InChI is InChI=1S/C22H21N7O4S/c1-33-19-8-6-15(21-26-28-13-23-25-22(28)34-21)11-16(19)24-20(30)14-5-7-17(18(12-14)29(31)32)27-9-3-2-4-10-27/h5-8,11-13H,2-4,9-10H2,1H3,(H,24,30). The molecule has 2 aromatic heterocycles. The molecule has 0 aliphatic carbocycles. The van der Waals surface area contributed by atoms with Gasteiger partial charge in [0, 0.05) is 30.3 Å². The number of carbonyl (C=O) groups excluding carboxylic acids is 1. The summed E-state index contributed by atoms with van der Waals surface area (Å²) in [5.74, 6) is -0.0126. The van der Waals surface area contributed by atoms with Crippen LogP contribution in [0.3, 0.4) is 0 Å². The summed E-state index contributed by atoms with van der Waals surface area (Å²) in [7, 11) is 1.51. The normalized spacial score (nSPS) is 13.7. The minimum Gasteiger partial charge on any atom is -0.495 e. The molecule has 34 heavy (non-hydrogen) atoms. The van der Waals surface area contributed by atoms with E-state index in [1.54, 1.807) is 28.8 Å². The summed E-state index contributed by atoms with van der Waals surface area (Å²) in [6, 6.07) is 9.92. The first kappa shape index (κ1) is 21.8. The van der Waals surface area contributed by atoms with Crippen molar-refractivity contribution in [3.63, 3.8) is 0 Å². The number of rotatable bonds is 6. The Morgan fingerprint density at radius 3 is 2.74 bits per heavy atom. The number of aromatic nitrogens is 4. The van der Waals surface area contributed by atoms with Gasteiger partial charge >= 0.3 is 0 Å². The first-order chi connectivity index (χ1) is 16.5. The smallest absolute Gasteiger partial charge is 0.293 e. The van der Waals surface area contributed by atoms with E-state index >= 15 is 0 Å². The molecule has 1 aliphatic rings. The molecule has 11 nitrogen and oxygen atoms in total. The highest BCUT2D eigenvalue weighted by molar-refractivity contribution is 7.19. The van der Waals surface area contributed by atoms with E-state index in [2.05, 4.69) is 20.6 Å². The summed E-state index contributed by atoms with van der Waals surface area (Å²) in [5.41, 5.74) is 1.86. The number of nitro benzene ring substituents is 1. The average molecular weight is 480 g/mol. The molecular formula is C22H21N7O4S. The van der Waals surface area contributed by atoms with Gasteiger partial charge in [0.25, 0.3) is 11.6 Å². The van der Waals surface area contributed by atoms with Gasteiger partial charge < -0.3 is 15.0 Å². The van der Waals surface area contributed by atoms with Crippen LogP contribution in [-0.2, 0) is 0 Å². The number of piperidine rings is 1. The summed E-state index contributed by atoms with van der Waals surface area (Å²) >= 11 is 1.36. The Labute approximate surface area is 198 Å². The fourth-order valence-corrected chi connectivity index (χ4v) is 4.84. The predicted molar refractivity (Wildman–Crippen MR) is 128 cm³/mol. The largest absolute Gasteiger partial charge is 0.495 e. The Morgan fingerprint density at radius 2 is 2.00 bits per heavy atom. The van der Waals surface area contributed by atoms with Crippen molar-refractivity contribution in [3.8, 4) is 16.3 Å². The van der Waals surface area contributed by atoms with E-state index < -0.39 is 10.8 Å². The van der Waals surface area contributed by atoms with E-state index in [0.29, 0.717) is 27.1 Å². The Hall–Kier alpha value is -4.06. The van der Waals surface area contributed by atoms with Crippen LogP contribution in [0.25, 0.3) is 15.5 Å². The van der Waals surface area contributed by atoms with E-state index in [4.69, 9.17) is 4.74 Å². The number of nitrogens with one attached hydrogen (secondary N) is 1. The van der Waals surface area contributed by atoms with Gasteiger partial charge in [-0.25, -0.2) is 0 Å². The van der Waals surface area contributed by atoms with Crippen molar-refractivity contribution in [2.75, 3.05) is 30.4 Å². The Balaban J connectivity index is 1.43. The van der Waals surface area contributed by atoms with Gasteiger partial charge in [-0.05, 0) is 49.6 Å². The molecule has 3 heterocycles. The van der Waals surface area contributed by atoms with Gasteiger partial charge in [0.05, 0.1) is 17.7 Å². The maximum atomic E-state index is 13.1. The van der Waals surface area contributed by atoms with Gasteiger partial charge in [-0.3, -0.25) is 14.9 Å². The first-order valence-electron chi connectivity index (χ1n) is 10.7. The van der Waals surface area contributed by atoms with Crippen LogP contribution in [0.2, 0.25) is 0 Å². The zero-order valence-electron chi connectivity index (χ0n) is 18.3. The van der Waals surface area contributed by atoms with Gasteiger partial charge in [-0.1, -0.05) is 11.3 Å². The Bertz CT molecular complexity index is 1350. The number of amides is 1. The zero-order valence-corrected chi connectivity index (χ0v) is 19.1. The molecule has 0 bridgehead atoms. The lowest BCUT2D eigenvalue weighted by molar-refractivity contribution is -0.384. The molecule has 1 N–H and O–H groups in total. The number of hydrogen-bond donors (Lipinski definition) is 1. The van der Waals surface area contributed by atoms with Crippen molar-refractivity contribution >= 4 is 39.3 Å². The van der Waals surface area contributed by atoms with Gasteiger partial charge in [0.1, 0.15) is 22.8 Å². The van der Waals surface area contributed by atoms with E-state index in [1.165, 1.54) is 30.8 Å². The highest BCUT2D eigenvalue weighted by Crippen LogP contribution is 2.34. The van der Waals surface area contributed by atoms with Crippen LogP contribution in [0.4, 0.5) is 17.1 Å². The number of nitro groups is 1. The van der Waals surface area contributed by atoms with Crippen molar-refractivity contribution in [1.82, 2.24) is 19.8 Å². The maximum Gasteiger partial charge on any atom is 0.293 e. The zero-order chi connectivity index (χ0) is 23.7. The molecule has 0 saturated carbocycles. The molecule has 2 aromatic carbocycles. The van der Waals surface area contributed by atoms with Crippen LogP contribution in [0.5, 0.6) is 5.75 Å². The summed E-state index contributed by atoms with van der Waals surface area (Å²) < 4.78 is 6.98. The van der Waals surface area contributed by atoms with Gasteiger partial charge in [-0.2, -0.15) is 9.61 Å². The second kappa shape index (κ2) is 9.06. The van der Waals surface area contributed by atoms with E-state index in [-0.39, 0.29) is 11.3 Å². The molecular weight excluding hydrogens is 458 g/mol. The van der Waals surface area contributed by atoms with Crippen molar-refractivity contribution in [3.05, 3.63) is 58.4 Å². The quantitative estimate of drug-likeness (QED) is 0.324. The van der Waals surface area contributed by atoms with Crippen LogP contribution in [0.15, 0.2) is 42.7 Å². The van der Waals surface area contributed by atoms with Gasteiger partial charge in [-0.15, -0.1) is 10.2 Å². The first-order valence-corrected chi connectivity index (χ1v) is 11.5. The highest BCUT2D eigenvalue weighted by atomic mass is 32.1. The van der Waals surface area contributed by atoms with Crippen molar-refractivity contribution in [2.45, 2.75) is 19.3 Å². The molecule has 12 heteroatoms. The number of hydrogen-bond acceptors (Lipinski definition) is 9. The number of methoxy groups -OCH3 is 1. The molecule has 0 atom stereocenters. The minimum absolute atomic E-state index is 0.0741. The van der Waals surface area contributed by atoms with Gasteiger partial charge in [0.15, 0.2) is 0 Å². The number of carbonyl (C=O) groups is 1. The van der Waals surface area contributed by atoms with Crippen LogP contribution < -0.4 is 15.0 Å². The van der Waals surface area contributed by atoms with Crippen molar-refractivity contribution < 1.29 is 14.5 Å². The molecule has 1 amide bonds. The topological polar surface area (TPSA) is 128 Å². The minimum atomic E-state index is -0.470. The van der Waals surface area contributed by atoms with Crippen LogP contribution in [0.1, 0.15) is 29.6 Å². The molecule has 0 unspecified atom stereocenters. The third kappa shape index (κ3) is 4.15. The van der Waals surface area contributed by atoms with E-state index in [0.717, 1.165) is 37.9 Å². The SMILES string of the molecule is COc1ccc(-c2nn3cnnc3s2)cc1NC(=O)c1ccc(N2CCCCC2)c([N+](=O)[O-])c1. The fraction of sp³-hybridized carbons (Fsp3) is 0.273. The van der Waals surface area contributed by atoms with E-state index in [1.807, 2.05) is 11.0 Å². The number of anilines is 2. The predicted octanol–water partition coefficient (Wildman–Crippen LogP) is 4.01. The monoisotopic (exact) mass is 479 g/mol. The summed E-state index contributed by atoms with van der Waals surface area (Å²) in [6.45, 7) is 1.54. The average Bonchev–Trinajstić information content (AvgIpc) is 3.47. The maximum absolute atomic E-state index is 13.1. The summed E-state index contributed by atoms with van der Waals surface area (Å²) in [4.78, 5) is 27.0. The lowest BCUT2D eigenvalue weighted by Gasteiger charge is -2.28. The molecule has 4 aromatic rings. The number of benzene rings is 2. The second-order valence-electron chi connectivity index (χ2n) is 7.84. The summed E-state index contributed by atoms with van der Waals surface area (Å²) in [5, 5.41) is 27.5. The molecule has 5 rings (SSSR count). The molecule has 174 valence electrons. The lowest BCUT2D eigenvalue weighted by Crippen LogP contribution is -2.30. The Morgan fingerprint density at radius 1 is 1.18 bits per heavy atom. The molecule has 0 radical (unpaired) electrons. The summed E-state index contributed by atoms with van der Waals surface area (Å²) in [6.07, 6.45) is 4.63. The molecule has 1 aliphatic heterocycles. The fourth-order valence-electron chi connectivity index (χ4n) is 4.02. The highest BCUT2D eigenvalue weighted by Gasteiger charge is 2.23. The van der Waals surface area contributed by atoms with Gasteiger partial charge in [0.2, 0.25) is 4.96 Å². The van der Waals surface area contributed by atoms with Crippen molar-refractivity contribution in [1.29, 1.82) is 0 Å². The third-order valence-electron chi connectivity index (χ3n) is 5.71.